The predicted molar refractivity (Wildman–Crippen MR) is 97.9 cm³/mol. The maximum Gasteiger partial charge on any atom is 0.325 e. The molecule has 3 aromatic rings. The van der Waals surface area contributed by atoms with Crippen LogP contribution >= 0.6 is 11.3 Å². The van der Waals surface area contributed by atoms with Gasteiger partial charge in [-0.1, -0.05) is 6.07 Å². The van der Waals surface area contributed by atoms with Crippen LogP contribution in [0.25, 0.3) is 5.65 Å². The molecule has 4 heterocycles. The Bertz CT molecular complexity index is 1050. The maximum absolute atomic E-state index is 13.2. The first-order valence-electron chi connectivity index (χ1n) is 8.72. The van der Waals surface area contributed by atoms with Gasteiger partial charge in [0.1, 0.15) is 11.2 Å². The first-order chi connectivity index (χ1) is 12.6. The van der Waals surface area contributed by atoms with E-state index in [-0.39, 0.29) is 18.5 Å². The van der Waals surface area contributed by atoms with Gasteiger partial charge in [0.05, 0.1) is 12.2 Å². The van der Waals surface area contributed by atoms with Gasteiger partial charge in [-0.3, -0.25) is 9.69 Å². The van der Waals surface area contributed by atoms with Gasteiger partial charge in [-0.2, -0.15) is 0 Å². The molecule has 0 radical (unpaired) electrons. The van der Waals surface area contributed by atoms with E-state index in [9.17, 15) is 9.59 Å². The van der Waals surface area contributed by atoms with E-state index >= 15 is 0 Å². The SMILES string of the molecule is Cc1ccc2nc(CN3C(=O)N[C@@]4(CCCc5sccc54)C3=O)cn2c1. The standard InChI is InChI=1S/C19H18N4O2S/c1-12-4-5-16-20-13(10-22(16)9-12)11-23-17(24)19(21-18(23)25)7-2-3-15-14(19)6-8-26-15/h4-6,8-10H,2-3,7,11H2,1H3,(H,21,25)/t19-/m1/s1. The summed E-state index contributed by atoms with van der Waals surface area (Å²) >= 11 is 1.66. The number of amides is 3. The molecule has 3 aromatic heterocycles. The van der Waals surface area contributed by atoms with Gasteiger partial charge >= 0.3 is 6.03 Å². The minimum atomic E-state index is -0.888. The van der Waals surface area contributed by atoms with Crippen molar-refractivity contribution >= 4 is 28.9 Å². The van der Waals surface area contributed by atoms with Gasteiger partial charge in [-0.05, 0) is 49.3 Å². The van der Waals surface area contributed by atoms with Crippen LogP contribution in [0, 0.1) is 6.92 Å². The highest BCUT2D eigenvalue weighted by atomic mass is 32.1. The molecule has 26 heavy (non-hydrogen) atoms. The number of fused-ring (bicyclic) bond motifs is 3. The van der Waals surface area contributed by atoms with E-state index in [2.05, 4.69) is 10.3 Å². The predicted octanol–water partition coefficient (Wildman–Crippen LogP) is 2.99. The lowest BCUT2D eigenvalue weighted by molar-refractivity contribution is -0.132. The lowest BCUT2D eigenvalue weighted by Gasteiger charge is -2.31. The number of rotatable bonds is 2. The number of carbonyl (C=O) groups excluding carboxylic acids is 2. The first-order valence-corrected chi connectivity index (χ1v) is 9.60. The summed E-state index contributed by atoms with van der Waals surface area (Å²) in [6, 6.07) is 5.58. The number of thiophene rings is 1. The van der Waals surface area contributed by atoms with Crippen molar-refractivity contribution in [2.75, 3.05) is 0 Å². The van der Waals surface area contributed by atoms with Gasteiger partial charge in [0.2, 0.25) is 0 Å². The number of hydrogen-bond donors (Lipinski definition) is 1. The molecule has 1 atom stereocenters. The van der Waals surface area contributed by atoms with Crippen LogP contribution in [0.15, 0.2) is 36.0 Å². The number of nitrogens with one attached hydrogen (secondary N) is 1. The molecule has 0 bridgehead atoms. The summed E-state index contributed by atoms with van der Waals surface area (Å²) in [5.74, 6) is -0.157. The molecule has 1 aliphatic heterocycles. The number of aryl methyl sites for hydroxylation is 2. The number of imide groups is 1. The third-order valence-electron chi connectivity index (χ3n) is 5.31. The molecule has 1 N–H and O–H groups in total. The largest absolute Gasteiger partial charge is 0.325 e. The highest BCUT2D eigenvalue weighted by Crippen LogP contribution is 2.42. The number of nitrogens with zero attached hydrogens (tertiary/aromatic N) is 3. The van der Waals surface area contributed by atoms with Crippen LogP contribution in [0.3, 0.4) is 0 Å². The number of urea groups is 1. The van der Waals surface area contributed by atoms with Crippen LogP contribution in [0.4, 0.5) is 4.79 Å². The highest BCUT2D eigenvalue weighted by molar-refractivity contribution is 7.10. The van der Waals surface area contributed by atoms with E-state index < -0.39 is 5.54 Å². The summed E-state index contributed by atoms with van der Waals surface area (Å²) in [6.07, 6.45) is 6.40. The van der Waals surface area contributed by atoms with Gasteiger partial charge in [-0.25, -0.2) is 9.78 Å². The normalized spacial score (nSPS) is 22.3. The Hall–Kier alpha value is -2.67. The van der Waals surface area contributed by atoms with E-state index in [1.165, 1.54) is 9.78 Å². The quantitative estimate of drug-likeness (QED) is 0.709. The smallest absolute Gasteiger partial charge is 0.319 e. The second kappa shape index (κ2) is 5.41. The molecule has 3 amide bonds. The Kier molecular flexibility index (Phi) is 3.24. The molecule has 6 nitrogen and oxygen atoms in total. The Balaban J connectivity index is 1.49. The topological polar surface area (TPSA) is 66.7 Å². The van der Waals surface area contributed by atoms with Crippen molar-refractivity contribution in [3.63, 3.8) is 0 Å². The summed E-state index contributed by atoms with van der Waals surface area (Å²) in [7, 11) is 0. The number of hydrogen-bond acceptors (Lipinski definition) is 4. The fourth-order valence-corrected chi connectivity index (χ4v) is 5.08. The Labute approximate surface area is 154 Å². The summed E-state index contributed by atoms with van der Waals surface area (Å²) < 4.78 is 1.93. The second-order valence-corrected chi connectivity index (χ2v) is 8.04. The molecule has 1 spiro atoms. The Morgan fingerprint density at radius 2 is 2.15 bits per heavy atom. The minimum absolute atomic E-state index is 0.157. The first kappa shape index (κ1) is 15.6. The van der Waals surface area contributed by atoms with Crippen molar-refractivity contribution in [3.8, 4) is 0 Å². The zero-order chi connectivity index (χ0) is 17.9. The van der Waals surface area contributed by atoms with Crippen molar-refractivity contribution < 1.29 is 9.59 Å². The van der Waals surface area contributed by atoms with E-state index in [0.29, 0.717) is 12.1 Å². The highest BCUT2D eigenvalue weighted by Gasteiger charge is 2.54. The van der Waals surface area contributed by atoms with E-state index in [0.717, 1.165) is 29.6 Å². The Morgan fingerprint density at radius 1 is 1.27 bits per heavy atom. The van der Waals surface area contributed by atoms with Gasteiger partial charge in [-0.15, -0.1) is 11.3 Å². The van der Waals surface area contributed by atoms with Gasteiger partial charge in [0.25, 0.3) is 5.91 Å². The number of aromatic nitrogens is 2. The van der Waals surface area contributed by atoms with E-state index in [4.69, 9.17) is 0 Å². The average Bonchev–Trinajstić information content (AvgIpc) is 3.29. The van der Waals surface area contributed by atoms with Crippen molar-refractivity contribution in [1.82, 2.24) is 19.6 Å². The van der Waals surface area contributed by atoms with Gasteiger partial charge in [0.15, 0.2) is 0 Å². The summed E-state index contributed by atoms with van der Waals surface area (Å²) in [5.41, 5.74) is 2.73. The monoisotopic (exact) mass is 366 g/mol. The third kappa shape index (κ3) is 2.13. The molecule has 5 rings (SSSR count). The van der Waals surface area contributed by atoms with E-state index in [1.807, 2.05) is 47.3 Å². The molecule has 0 unspecified atom stereocenters. The summed E-state index contributed by atoms with van der Waals surface area (Å²) in [5, 5.41) is 4.99. The second-order valence-electron chi connectivity index (χ2n) is 7.04. The number of imidazole rings is 1. The van der Waals surface area contributed by atoms with Crippen LogP contribution < -0.4 is 5.32 Å². The fraction of sp³-hybridized carbons (Fsp3) is 0.316. The van der Waals surface area contributed by atoms with Crippen molar-refractivity contribution in [3.05, 3.63) is 57.7 Å². The average molecular weight is 366 g/mol. The lowest BCUT2D eigenvalue weighted by atomic mass is 9.80. The third-order valence-corrected chi connectivity index (χ3v) is 6.29. The maximum atomic E-state index is 13.2. The summed E-state index contributed by atoms with van der Waals surface area (Å²) in [4.78, 5) is 32.9. The number of pyridine rings is 1. The zero-order valence-electron chi connectivity index (χ0n) is 14.4. The molecule has 0 saturated carbocycles. The van der Waals surface area contributed by atoms with Crippen LogP contribution in [0.1, 0.15) is 34.5 Å². The fourth-order valence-electron chi connectivity index (χ4n) is 4.08. The summed E-state index contributed by atoms with van der Waals surface area (Å²) in [6.45, 7) is 2.20. The minimum Gasteiger partial charge on any atom is -0.319 e. The molecule has 2 aliphatic rings. The zero-order valence-corrected chi connectivity index (χ0v) is 15.2. The molecule has 132 valence electrons. The van der Waals surface area contributed by atoms with E-state index in [1.54, 1.807) is 11.3 Å². The van der Waals surface area contributed by atoms with Crippen molar-refractivity contribution in [2.24, 2.45) is 0 Å². The molecular weight excluding hydrogens is 348 g/mol. The molecule has 1 fully saturated rings. The molecule has 0 aromatic carbocycles. The van der Waals surface area contributed by atoms with Gasteiger partial charge in [0, 0.05) is 22.8 Å². The van der Waals surface area contributed by atoms with Crippen LogP contribution in [-0.2, 0) is 23.3 Å². The molecule has 1 saturated heterocycles. The number of carbonyl (C=O) groups is 2. The van der Waals surface area contributed by atoms with Crippen molar-refractivity contribution in [2.45, 2.75) is 38.3 Å². The van der Waals surface area contributed by atoms with Gasteiger partial charge < -0.3 is 9.72 Å². The van der Waals surface area contributed by atoms with Crippen LogP contribution in [0.2, 0.25) is 0 Å². The lowest BCUT2D eigenvalue weighted by Crippen LogP contribution is -2.46. The van der Waals surface area contributed by atoms with Crippen LogP contribution in [0.5, 0.6) is 0 Å². The van der Waals surface area contributed by atoms with Crippen LogP contribution in [-0.4, -0.2) is 26.2 Å². The Morgan fingerprint density at radius 3 is 3.04 bits per heavy atom. The van der Waals surface area contributed by atoms with Crippen molar-refractivity contribution in [1.29, 1.82) is 0 Å². The molecule has 1 aliphatic carbocycles. The molecular formula is C19H18N4O2S. The molecule has 7 heteroatoms.